The minimum absolute atomic E-state index is 0.305. The summed E-state index contributed by atoms with van der Waals surface area (Å²) in [4.78, 5) is 0. The van der Waals surface area contributed by atoms with Crippen LogP contribution in [0.4, 0.5) is 5.69 Å². The van der Waals surface area contributed by atoms with Crippen molar-refractivity contribution >= 4 is 17.3 Å². The normalized spacial score (nSPS) is 12.6. The van der Waals surface area contributed by atoms with Crippen molar-refractivity contribution in [2.45, 2.75) is 13.5 Å². The van der Waals surface area contributed by atoms with E-state index in [0.29, 0.717) is 35.6 Å². The number of hydrogen-bond donors (Lipinski definition) is 1. The highest BCUT2D eigenvalue weighted by atomic mass is 35.5. The molecule has 0 bridgehead atoms. The highest BCUT2D eigenvalue weighted by Crippen LogP contribution is 2.27. The van der Waals surface area contributed by atoms with E-state index < -0.39 is 0 Å². The van der Waals surface area contributed by atoms with Crippen molar-refractivity contribution < 1.29 is 4.74 Å². The van der Waals surface area contributed by atoms with E-state index in [-0.39, 0.29) is 0 Å². The van der Waals surface area contributed by atoms with Crippen LogP contribution in [0.1, 0.15) is 6.92 Å². The van der Waals surface area contributed by atoms with Crippen LogP contribution in [0.15, 0.2) is 18.2 Å². The molecule has 6 nitrogen and oxygen atoms in total. The fourth-order valence-electron chi connectivity index (χ4n) is 1.87. The van der Waals surface area contributed by atoms with Gasteiger partial charge in [-0.2, -0.15) is 0 Å². The van der Waals surface area contributed by atoms with Crippen LogP contribution in [0.25, 0.3) is 11.4 Å². The summed E-state index contributed by atoms with van der Waals surface area (Å²) in [5, 5.41) is 12.3. The molecule has 2 aromatic rings. The van der Waals surface area contributed by atoms with Crippen molar-refractivity contribution in [1.29, 1.82) is 0 Å². The summed E-state index contributed by atoms with van der Waals surface area (Å²) < 4.78 is 6.84. The number of methoxy groups -OCH3 is 1. The van der Waals surface area contributed by atoms with Crippen molar-refractivity contribution in [3.8, 4) is 11.4 Å². The van der Waals surface area contributed by atoms with Crippen LogP contribution in [-0.2, 0) is 11.3 Å². The van der Waals surface area contributed by atoms with Gasteiger partial charge in [-0.25, -0.2) is 4.68 Å². The van der Waals surface area contributed by atoms with Gasteiger partial charge >= 0.3 is 0 Å². The molecule has 0 saturated heterocycles. The molecule has 7 heteroatoms. The zero-order valence-electron chi connectivity index (χ0n) is 10.9. The first-order chi connectivity index (χ1) is 9.11. The number of anilines is 1. The number of hydrogen-bond acceptors (Lipinski definition) is 5. The van der Waals surface area contributed by atoms with E-state index in [0.717, 1.165) is 5.56 Å². The lowest BCUT2D eigenvalue weighted by Gasteiger charge is -2.11. The second kappa shape index (κ2) is 5.99. The van der Waals surface area contributed by atoms with Crippen molar-refractivity contribution in [2.24, 2.45) is 5.92 Å². The third-order valence-electron chi connectivity index (χ3n) is 2.70. The minimum Gasteiger partial charge on any atom is -0.399 e. The maximum atomic E-state index is 6.18. The fraction of sp³-hybridized carbons (Fsp3) is 0.417. The first-order valence-corrected chi connectivity index (χ1v) is 6.30. The van der Waals surface area contributed by atoms with Gasteiger partial charge in [-0.15, -0.1) is 5.10 Å². The Morgan fingerprint density at radius 2 is 2.26 bits per heavy atom. The fourth-order valence-corrected chi connectivity index (χ4v) is 2.14. The summed E-state index contributed by atoms with van der Waals surface area (Å²) >= 11 is 6.18. The number of nitrogens with zero attached hydrogens (tertiary/aromatic N) is 4. The first-order valence-electron chi connectivity index (χ1n) is 5.92. The largest absolute Gasteiger partial charge is 0.399 e. The number of nitrogen functional groups attached to an aromatic ring is 1. The molecule has 0 spiro atoms. The van der Waals surface area contributed by atoms with Crippen LogP contribution in [-0.4, -0.2) is 33.9 Å². The van der Waals surface area contributed by atoms with Crippen LogP contribution >= 0.6 is 11.6 Å². The number of ether oxygens (including phenoxy) is 1. The van der Waals surface area contributed by atoms with Gasteiger partial charge in [0.2, 0.25) is 0 Å². The van der Waals surface area contributed by atoms with Gasteiger partial charge < -0.3 is 10.5 Å². The van der Waals surface area contributed by atoms with Gasteiger partial charge in [-0.3, -0.25) is 0 Å². The molecule has 0 fully saturated rings. The van der Waals surface area contributed by atoms with E-state index in [9.17, 15) is 0 Å². The molecule has 0 aliphatic rings. The Balaban J connectivity index is 2.28. The lowest BCUT2D eigenvalue weighted by molar-refractivity contribution is 0.149. The van der Waals surface area contributed by atoms with Gasteiger partial charge in [0.05, 0.1) is 11.6 Å². The third-order valence-corrected chi connectivity index (χ3v) is 3.01. The van der Waals surface area contributed by atoms with Gasteiger partial charge in [0.15, 0.2) is 5.82 Å². The molecule has 0 amide bonds. The Hall–Kier alpha value is -1.66. The minimum atomic E-state index is 0.305. The van der Waals surface area contributed by atoms with E-state index in [2.05, 4.69) is 22.4 Å². The second-order valence-corrected chi connectivity index (χ2v) is 4.89. The average molecular weight is 282 g/mol. The zero-order chi connectivity index (χ0) is 13.8. The highest BCUT2D eigenvalue weighted by molar-refractivity contribution is 6.33. The highest BCUT2D eigenvalue weighted by Gasteiger charge is 2.14. The summed E-state index contributed by atoms with van der Waals surface area (Å²) in [7, 11) is 1.67. The Bertz CT molecular complexity index is 557. The van der Waals surface area contributed by atoms with E-state index in [1.807, 2.05) is 6.07 Å². The molecular formula is C12H16ClN5O. The standard InChI is InChI=1S/C12H16ClN5O/c1-8(7-19-2)6-18-12(15-16-17-18)10-4-3-9(14)5-11(10)13/h3-5,8H,6-7,14H2,1-2H3. The molecule has 1 atom stereocenters. The molecule has 2 rings (SSSR count). The SMILES string of the molecule is COCC(C)Cn1nnnc1-c1ccc(N)cc1Cl. The summed E-state index contributed by atoms with van der Waals surface area (Å²) in [6.07, 6.45) is 0. The quantitative estimate of drug-likeness (QED) is 0.846. The molecule has 1 unspecified atom stereocenters. The number of rotatable bonds is 5. The van der Waals surface area contributed by atoms with Crippen LogP contribution in [0.2, 0.25) is 5.02 Å². The summed E-state index contributed by atoms with van der Waals surface area (Å²) in [5.74, 6) is 0.938. The smallest absolute Gasteiger partial charge is 0.183 e. The second-order valence-electron chi connectivity index (χ2n) is 4.48. The Morgan fingerprint density at radius 3 is 2.95 bits per heavy atom. The van der Waals surface area contributed by atoms with Gasteiger partial charge in [0.1, 0.15) is 0 Å². The van der Waals surface area contributed by atoms with Crippen molar-refractivity contribution in [1.82, 2.24) is 20.2 Å². The first kappa shape index (κ1) is 13.8. The third kappa shape index (κ3) is 3.21. The van der Waals surface area contributed by atoms with Crippen molar-refractivity contribution in [2.75, 3.05) is 19.5 Å². The molecule has 0 saturated carbocycles. The summed E-state index contributed by atoms with van der Waals surface area (Å²) in [6.45, 7) is 3.38. The number of tetrazole rings is 1. The maximum Gasteiger partial charge on any atom is 0.183 e. The van der Waals surface area contributed by atoms with Gasteiger partial charge in [0.25, 0.3) is 0 Å². The lowest BCUT2D eigenvalue weighted by Crippen LogP contribution is -2.14. The van der Waals surface area contributed by atoms with Gasteiger partial charge in [-0.05, 0) is 34.5 Å². The molecule has 2 N–H and O–H groups in total. The predicted octanol–water partition coefficient (Wildman–Crippen LogP) is 1.86. The number of halogens is 1. The Kier molecular flexibility index (Phi) is 4.34. The van der Waals surface area contributed by atoms with E-state index in [1.165, 1.54) is 0 Å². The van der Waals surface area contributed by atoms with Crippen molar-refractivity contribution in [3.63, 3.8) is 0 Å². The van der Waals surface area contributed by atoms with Crippen molar-refractivity contribution in [3.05, 3.63) is 23.2 Å². The number of benzene rings is 1. The van der Waals surface area contributed by atoms with Crippen LogP contribution in [0.5, 0.6) is 0 Å². The van der Waals surface area contributed by atoms with E-state index in [4.69, 9.17) is 22.1 Å². The topological polar surface area (TPSA) is 78.8 Å². The molecule has 1 aromatic heterocycles. The summed E-state index contributed by atoms with van der Waals surface area (Å²) in [5.41, 5.74) is 7.06. The predicted molar refractivity (Wildman–Crippen MR) is 73.7 cm³/mol. The van der Waals surface area contributed by atoms with Crippen LogP contribution < -0.4 is 5.73 Å². The Morgan fingerprint density at radius 1 is 1.47 bits per heavy atom. The molecule has 0 radical (unpaired) electrons. The summed E-state index contributed by atoms with van der Waals surface area (Å²) in [6, 6.07) is 5.29. The van der Waals surface area contributed by atoms with Gasteiger partial charge in [-0.1, -0.05) is 18.5 Å². The van der Waals surface area contributed by atoms with Crippen LogP contribution in [0.3, 0.4) is 0 Å². The number of nitrogens with two attached hydrogens (primary N) is 1. The van der Waals surface area contributed by atoms with E-state index in [1.54, 1.807) is 23.9 Å². The molecule has 1 aromatic carbocycles. The molecular weight excluding hydrogens is 266 g/mol. The van der Waals surface area contributed by atoms with Gasteiger partial charge in [0, 0.05) is 24.9 Å². The maximum absolute atomic E-state index is 6.18. The molecule has 102 valence electrons. The monoisotopic (exact) mass is 281 g/mol. The van der Waals surface area contributed by atoms with E-state index >= 15 is 0 Å². The Labute approximate surface area is 116 Å². The molecule has 19 heavy (non-hydrogen) atoms. The average Bonchev–Trinajstić information content (AvgIpc) is 2.77. The number of aromatic nitrogens is 4. The van der Waals surface area contributed by atoms with Crippen LogP contribution in [0, 0.1) is 5.92 Å². The zero-order valence-corrected chi connectivity index (χ0v) is 11.6. The molecule has 0 aliphatic carbocycles. The molecule has 1 heterocycles. The molecule has 0 aliphatic heterocycles. The lowest BCUT2D eigenvalue weighted by atomic mass is 10.1.